The van der Waals surface area contributed by atoms with Gasteiger partial charge in [-0.25, -0.2) is 8.42 Å². The molecular formula is C20H25N3O5S. The minimum absolute atomic E-state index is 0.00865. The summed E-state index contributed by atoms with van der Waals surface area (Å²) in [6.45, 7) is 2.37. The van der Waals surface area contributed by atoms with Crippen LogP contribution in [0.15, 0.2) is 18.2 Å². The Morgan fingerprint density at radius 1 is 1.14 bits per heavy atom. The number of carbonyl (C=O) groups excluding carboxylic acids is 3. The summed E-state index contributed by atoms with van der Waals surface area (Å²) < 4.78 is 22.6. The van der Waals surface area contributed by atoms with Crippen LogP contribution in [0.25, 0.3) is 0 Å². The molecule has 0 spiro atoms. The Hall–Kier alpha value is -2.42. The fraction of sp³-hybridized carbons (Fsp3) is 0.550. The summed E-state index contributed by atoms with van der Waals surface area (Å²) in [6, 6.07) is 5.40. The van der Waals surface area contributed by atoms with Gasteiger partial charge in [-0.3, -0.25) is 14.4 Å². The number of nitrogens with zero attached hydrogens (tertiary/aromatic N) is 2. The fourth-order valence-corrected chi connectivity index (χ4v) is 5.14. The Morgan fingerprint density at radius 2 is 1.86 bits per heavy atom. The Morgan fingerprint density at radius 3 is 2.62 bits per heavy atom. The van der Waals surface area contributed by atoms with Gasteiger partial charge >= 0.3 is 0 Å². The average Bonchev–Trinajstić information content (AvgIpc) is 3.26. The van der Waals surface area contributed by atoms with Crippen molar-refractivity contribution >= 4 is 33.2 Å². The van der Waals surface area contributed by atoms with Gasteiger partial charge in [-0.1, -0.05) is 12.1 Å². The lowest BCUT2D eigenvalue weighted by Gasteiger charge is -2.34. The van der Waals surface area contributed by atoms with Crippen LogP contribution in [0.3, 0.4) is 0 Å². The number of benzene rings is 1. The first-order valence-electron chi connectivity index (χ1n) is 9.88. The minimum atomic E-state index is -3.17. The number of fused-ring (bicyclic) bond motifs is 2. The van der Waals surface area contributed by atoms with Gasteiger partial charge in [0, 0.05) is 38.9 Å². The maximum absolute atomic E-state index is 13.1. The van der Waals surface area contributed by atoms with E-state index in [1.807, 2.05) is 11.0 Å². The lowest BCUT2D eigenvalue weighted by atomic mass is 9.88. The second-order valence-corrected chi connectivity index (χ2v) is 10.6. The summed E-state index contributed by atoms with van der Waals surface area (Å²) in [4.78, 5) is 40.7. The van der Waals surface area contributed by atoms with E-state index in [1.165, 1.54) is 0 Å². The molecule has 3 heterocycles. The van der Waals surface area contributed by atoms with E-state index in [2.05, 4.69) is 5.32 Å². The lowest BCUT2D eigenvalue weighted by molar-refractivity contribution is -0.133. The molecule has 2 atom stereocenters. The summed E-state index contributed by atoms with van der Waals surface area (Å²) in [5.41, 5.74) is 1.99. The van der Waals surface area contributed by atoms with Crippen molar-refractivity contribution < 1.29 is 22.8 Å². The van der Waals surface area contributed by atoms with E-state index in [0.29, 0.717) is 49.8 Å². The van der Waals surface area contributed by atoms with E-state index in [-0.39, 0.29) is 35.8 Å². The van der Waals surface area contributed by atoms with Crippen molar-refractivity contribution in [2.75, 3.05) is 43.5 Å². The molecule has 8 nitrogen and oxygen atoms in total. The normalized spacial score (nSPS) is 23.6. The predicted octanol–water partition coefficient (Wildman–Crippen LogP) is 0.536. The molecule has 0 aliphatic carbocycles. The quantitative estimate of drug-likeness (QED) is 0.767. The summed E-state index contributed by atoms with van der Waals surface area (Å²) in [5, 5.41) is 2.79. The summed E-state index contributed by atoms with van der Waals surface area (Å²) >= 11 is 0. The molecule has 156 valence electrons. The van der Waals surface area contributed by atoms with Gasteiger partial charge in [-0.05, 0) is 29.9 Å². The number of likely N-dealkylation sites (tertiary alicyclic amines) is 2. The number of amides is 3. The first kappa shape index (κ1) is 19.9. The van der Waals surface area contributed by atoms with Gasteiger partial charge in [0.2, 0.25) is 11.8 Å². The van der Waals surface area contributed by atoms with Crippen LogP contribution in [0.2, 0.25) is 0 Å². The van der Waals surface area contributed by atoms with E-state index in [0.717, 1.165) is 18.2 Å². The third-order valence-corrected chi connectivity index (χ3v) is 7.07. The molecule has 0 bridgehead atoms. The molecule has 0 saturated carbocycles. The highest BCUT2D eigenvalue weighted by Crippen LogP contribution is 2.34. The molecule has 1 aromatic rings. The van der Waals surface area contributed by atoms with Gasteiger partial charge in [0.15, 0.2) is 0 Å². The molecule has 1 aromatic carbocycles. The zero-order valence-corrected chi connectivity index (χ0v) is 17.2. The third-order valence-electron chi connectivity index (χ3n) is 6.12. The van der Waals surface area contributed by atoms with Gasteiger partial charge < -0.3 is 15.1 Å². The molecule has 1 N–H and O–H groups in total. The van der Waals surface area contributed by atoms with Gasteiger partial charge in [-0.15, -0.1) is 0 Å². The zero-order chi connectivity index (χ0) is 20.8. The van der Waals surface area contributed by atoms with Crippen molar-refractivity contribution in [1.82, 2.24) is 9.80 Å². The number of anilines is 1. The maximum atomic E-state index is 13.1. The molecule has 3 aliphatic rings. The number of piperidine rings is 1. The van der Waals surface area contributed by atoms with E-state index in [1.54, 1.807) is 17.0 Å². The van der Waals surface area contributed by atoms with Crippen LogP contribution in [0.4, 0.5) is 5.69 Å². The highest BCUT2D eigenvalue weighted by molar-refractivity contribution is 7.90. The van der Waals surface area contributed by atoms with Gasteiger partial charge in [-0.2, -0.15) is 0 Å². The van der Waals surface area contributed by atoms with Crippen LogP contribution in [-0.4, -0.2) is 74.1 Å². The van der Waals surface area contributed by atoms with Crippen molar-refractivity contribution in [3.05, 3.63) is 29.3 Å². The molecule has 0 radical (unpaired) electrons. The summed E-state index contributed by atoms with van der Waals surface area (Å²) in [5.74, 6) is 0.0750. The Bertz CT molecular complexity index is 974. The lowest BCUT2D eigenvalue weighted by Crippen LogP contribution is -2.43. The smallest absolute Gasteiger partial charge is 0.255 e. The Labute approximate surface area is 170 Å². The number of para-hydroxylation sites is 1. The monoisotopic (exact) mass is 419 g/mol. The molecule has 0 unspecified atom stereocenters. The number of hydrogen-bond donors (Lipinski definition) is 1. The number of rotatable bonds is 4. The number of sulfone groups is 1. The van der Waals surface area contributed by atoms with Crippen LogP contribution in [0.5, 0.6) is 0 Å². The zero-order valence-electron chi connectivity index (χ0n) is 16.4. The second kappa shape index (κ2) is 7.44. The first-order valence-corrected chi connectivity index (χ1v) is 11.9. The fourth-order valence-electron chi connectivity index (χ4n) is 4.59. The Kier molecular flexibility index (Phi) is 5.10. The standard InChI is InChI=1S/C20H25N3O5S/c1-29(27,28)8-6-18(25)22-7-5-14-10-23(12-15(14)11-22)20(26)16-4-2-3-13-9-17(24)21-19(13)16/h2-4,14-15H,5-12H2,1H3,(H,21,24)/t14-,15+/m1/s1. The van der Waals surface area contributed by atoms with Crippen LogP contribution in [0.1, 0.15) is 28.8 Å². The van der Waals surface area contributed by atoms with Crippen molar-refractivity contribution in [1.29, 1.82) is 0 Å². The van der Waals surface area contributed by atoms with E-state index in [9.17, 15) is 22.8 Å². The van der Waals surface area contributed by atoms with Crippen LogP contribution >= 0.6 is 0 Å². The molecule has 0 aromatic heterocycles. The highest BCUT2D eigenvalue weighted by Gasteiger charge is 2.40. The third kappa shape index (κ3) is 4.14. The topological polar surface area (TPSA) is 104 Å². The first-order chi connectivity index (χ1) is 13.7. The highest BCUT2D eigenvalue weighted by atomic mass is 32.2. The average molecular weight is 420 g/mol. The summed E-state index contributed by atoms with van der Waals surface area (Å²) in [6.07, 6.45) is 2.25. The summed E-state index contributed by atoms with van der Waals surface area (Å²) in [7, 11) is -3.17. The SMILES string of the molecule is CS(=O)(=O)CCC(=O)N1CC[C@@H]2CN(C(=O)c3cccc4c3NC(=O)C4)C[C@@H]2C1. The van der Waals surface area contributed by atoms with Crippen LogP contribution in [-0.2, 0) is 25.8 Å². The molecule has 3 amide bonds. The van der Waals surface area contributed by atoms with Gasteiger partial charge in [0.1, 0.15) is 9.84 Å². The number of nitrogens with one attached hydrogen (secondary N) is 1. The molecule has 3 aliphatic heterocycles. The van der Waals surface area contributed by atoms with E-state index < -0.39 is 9.84 Å². The predicted molar refractivity (Wildman–Crippen MR) is 107 cm³/mol. The molecular weight excluding hydrogens is 394 g/mol. The molecule has 4 rings (SSSR count). The maximum Gasteiger partial charge on any atom is 0.255 e. The van der Waals surface area contributed by atoms with Crippen molar-refractivity contribution in [2.45, 2.75) is 19.3 Å². The number of hydrogen-bond acceptors (Lipinski definition) is 5. The van der Waals surface area contributed by atoms with E-state index >= 15 is 0 Å². The van der Waals surface area contributed by atoms with Crippen molar-refractivity contribution in [3.63, 3.8) is 0 Å². The van der Waals surface area contributed by atoms with Crippen molar-refractivity contribution in [3.8, 4) is 0 Å². The Balaban J connectivity index is 1.41. The van der Waals surface area contributed by atoms with E-state index in [4.69, 9.17) is 0 Å². The molecule has 9 heteroatoms. The molecule has 2 saturated heterocycles. The molecule has 29 heavy (non-hydrogen) atoms. The van der Waals surface area contributed by atoms with Gasteiger partial charge in [0.05, 0.1) is 23.4 Å². The van der Waals surface area contributed by atoms with Crippen LogP contribution in [0, 0.1) is 11.8 Å². The largest absolute Gasteiger partial charge is 0.342 e. The number of carbonyl (C=O) groups is 3. The van der Waals surface area contributed by atoms with Crippen molar-refractivity contribution in [2.24, 2.45) is 11.8 Å². The minimum Gasteiger partial charge on any atom is -0.342 e. The van der Waals surface area contributed by atoms with Gasteiger partial charge in [0.25, 0.3) is 5.91 Å². The second-order valence-electron chi connectivity index (χ2n) is 8.30. The van der Waals surface area contributed by atoms with Crippen LogP contribution < -0.4 is 5.32 Å². The molecule has 2 fully saturated rings.